The van der Waals surface area contributed by atoms with E-state index in [-0.39, 0.29) is 30.3 Å². The molecule has 9 nitrogen and oxygen atoms in total. The van der Waals surface area contributed by atoms with Crippen molar-refractivity contribution in [3.8, 4) is 0 Å². The molecule has 9 heteroatoms. The van der Waals surface area contributed by atoms with Gasteiger partial charge in [-0.05, 0) is 49.3 Å². The average Bonchev–Trinajstić information content (AvgIpc) is 2.96. The number of amides is 3. The van der Waals surface area contributed by atoms with Gasteiger partial charge in [-0.25, -0.2) is 0 Å². The number of methoxy groups -OCH3 is 1. The number of unbranched alkanes of at least 4 members (excludes halogenated alkanes) is 1. The first-order chi connectivity index (χ1) is 18.9. The molecule has 4 rings (SSSR count). The molecule has 39 heavy (non-hydrogen) atoms. The van der Waals surface area contributed by atoms with Crippen molar-refractivity contribution < 1.29 is 23.9 Å². The van der Waals surface area contributed by atoms with Gasteiger partial charge in [0.25, 0.3) is 5.91 Å². The molecule has 1 atom stereocenters. The molecule has 3 fully saturated rings. The fourth-order valence-electron chi connectivity index (χ4n) is 6.36. The van der Waals surface area contributed by atoms with Crippen LogP contribution >= 0.6 is 0 Å². The van der Waals surface area contributed by atoms with E-state index >= 15 is 0 Å². The van der Waals surface area contributed by atoms with E-state index < -0.39 is 11.5 Å². The normalized spacial score (nSPS) is 22.0. The Hall–Kier alpha value is -2.94. The molecule has 1 saturated carbocycles. The third kappa shape index (κ3) is 6.99. The Morgan fingerprint density at radius 3 is 2.41 bits per heavy atom. The maximum Gasteiger partial charge on any atom is 0.325 e. The zero-order valence-electron chi connectivity index (χ0n) is 23.5. The van der Waals surface area contributed by atoms with Gasteiger partial charge >= 0.3 is 5.97 Å². The van der Waals surface area contributed by atoms with E-state index in [4.69, 9.17) is 0 Å². The van der Waals surface area contributed by atoms with Crippen LogP contribution in [0.4, 0.5) is 0 Å². The first-order valence-electron chi connectivity index (χ1n) is 14.6. The minimum atomic E-state index is -0.757. The van der Waals surface area contributed by atoms with E-state index in [9.17, 15) is 19.2 Å². The fraction of sp³-hybridized carbons (Fsp3) is 0.667. The van der Waals surface area contributed by atoms with Crippen LogP contribution in [-0.2, 0) is 25.7 Å². The quantitative estimate of drug-likeness (QED) is 0.442. The molecule has 0 bridgehead atoms. The topological polar surface area (TPSA) is 108 Å². The van der Waals surface area contributed by atoms with Gasteiger partial charge in [0.1, 0.15) is 18.1 Å². The lowest BCUT2D eigenvalue weighted by molar-refractivity contribution is -0.162. The molecule has 1 spiro atoms. The van der Waals surface area contributed by atoms with Gasteiger partial charge in [0, 0.05) is 31.7 Å². The molecule has 3 aliphatic rings. The van der Waals surface area contributed by atoms with Gasteiger partial charge in [-0.2, -0.15) is 0 Å². The summed E-state index contributed by atoms with van der Waals surface area (Å²) in [6, 6.07) is 6.94. The molecule has 2 heterocycles. The monoisotopic (exact) mass is 540 g/mol. The summed E-state index contributed by atoms with van der Waals surface area (Å²) in [5.41, 5.74) is 0.787. The van der Waals surface area contributed by atoms with Gasteiger partial charge in [-0.15, -0.1) is 0 Å². The molecule has 2 aliphatic heterocycles. The largest absolute Gasteiger partial charge is 0.468 e. The number of hydrogen-bond acceptors (Lipinski definition) is 6. The molecule has 3 amide bonds. The number of carbonyl (C=O) groups is 4. The van der Waals surface area contributed by atoms with Gasteiger partial charge in [0.05, 0.1) is 7.11 Å². The van der Waals surface area contributed by atoms with Gasteiger partial charge in [0.2, 0.25) is 11.8 Å². The number of nitrogens with one attached hydrogen (secondary N) is 2. The van der Waals surface area contributed by atoms with Crippen LogP contribution in [0.2, 0.25) is 0 Å². The Morgan fingerprint density at radius 1 is 1.08 bits per heavy atom. The molecule has 0 aromatic heterocycles. The second-order valence-electron chi connectivity index (χ2n) is 11.4. The average molecular weight is 541 g/mol. The number of nitrogens with zero attached hydrogens (tertiary/aromatic N) is 2. The van der Waals surface area contributed by atoms with Crippen molar-refractivity contribution in [3.63, 3.8) is 0 Å². The van der Waals surface area contributed by atoms with Crippen molar-refractivity contribution >= 4 is 23.7 Å². The maximum atomic E-state index is 13.7. The number of ether oxygens (including phenoxy) is 1. The third-order valence-corrected chi connectivity index (χ3v) is 8.76. The molecule has 0 unspecified atom stereocenters. The smallest absolute Gasteiger partial charge is 0.325 e. The molecular formula is C30H44N4O5. The van der Waals surface area contributed by atoms with Crippen molar-refractivity contribution in [2.24, 2.45) is 5.92 Å². The van der Waals surface area contributed by atoms with Crippen LogP contribution in [0.15, 0.2) is 24.3 Å². The highest BCUT2D eigenvalue weighted by Crippen LogP contribution is 2.36. The minimum Gasteiger partial charge on any atom is -0.468 e. The summed E-state index contributed by atoms with van der Waals surface area (Å²) < 4.78 is 4.55. The van der Waals surface area contributed by atoms with Gasteiger partial charge in [-0.3, -0.25) is 24.1 Å². The Balaban J connectivity index is 1.35. The second kappa shape index (κ2) is 13.4. The lowest BCUT2D eigenvalue weighted by atomic mass is 9.79. The molecule has 1 aromatic rings. The number of rotatable bonds is 10. The van der Waals surface area contributed by atoms with E-state index in [2.05, 4.69) is 27.2 Å². The predicted molar refractivity (Wildman–Crippen MR) is 148 cm³/mol. The van der Waals surface area contributed by atoms with Crippen LogP contribution in [0.5, 0.6) is 0 Å². The van der Waals surface area contributed by atoms with Crippen LogP contribution in [-0.4, -0.2) is 78.4 Å². The number of carbonyl (C=O) groups excluding carboxylic acids is 4. The summed E-state index contributed by atoms with van der Waals surface area (Å²) in [5, 5.41) is 5.71. The van der Waals surface area contributed by atoms with Crippen molar-refractivity contribution in [2.75, 3.05) is 33.3 Å². The fourth-order valence-corrected chi connectivity index (χ4v) is 6.36. The molecular weight excluding hydrogens is 496 g/mol. The van der Waals surface area contributed by atoms with Crippen molar-refractivity contribution in [1.29, 1.82) is 0 Å². The van der Waals surface area contributed by atoms with Gasteiger partial charge in [-0.1, -0.05) is 57.6 Å². The SMILES string of the molecule is CCCCN1C(=O)[C@H](CC2CCCCC2)NC(=O)C12CCN(Cc1ccc(C(=O)NCC(=O)OC)cc1)CC2. The number of likely N-dealkylation sites (tertiary alicyclic amines) is 1. The maximum absolute atomic E-state index is 13.7. The van der Waals surface area contributed by atoms with E-state index in [0.29, 0.717) is 37.4 Å². The lowest BCUT2D eigenvalue weighted by Gasteiger charge is -2.52. The summed E-state index contributed by atoms with van der Waals surface area (Å²) in [6.07, 6.45) is 9.96. The molecule has 1 aliphatic carbocycles. The number of hydrogen-bond donors (Lipinski definition) is 2. The number of esters is 1. The highest BCUT2D eigenvalue weighted by atomic mass is 16.5. The van der Waals surface area contributed by atoms with Crippen LogP contribution < -0.4 is 10.6 Å². The number of piperidine rings is 1. The number of piperazine rings is 1. The summed E-state index contributed by atoms with van der Waals surface area (Å²) in [7, 11) is 1.28. The Bertz CT molecular complexity index is 1010. The van der Waals surface area contributed by atoms with Crippen LogP contribution in [0.3, 0.4) is 0 Å². The van der Waals surface area contributed by atoms with Crippen LogP contribution in [0.25, 0.3) is 0 Å². The Kier molecular flexibility index (Phi) is 9.99. The van der Waals surface area contributed by atoms with Gasteiger partial charge < -0.3 is 20.3 Å². The van der Waals surface area contributed by atoms with Crippen molar-refractivity contribution in [3.05, 3.63) is 35.4 Å². The molecule has 1 aromatic carbocycles. The number of benzene rings is 1. The molecule has 214 valence electrons. The summed E-state index contributed by atoms with van der Waals surface area (Å²) in [5.74, 6) is -0.149. The second-order valence-corrected chi connectivity index (χ2v) is 11.4. The van der Waals surface area contributed by atoms with E-state index in [0.717, 1.165) is 50.8 Å². The zero-order valence-corrected chi connectivity index (χ0v) is 23.5. The first-order valence-corrected chi connectivity index (χ1v) is 14.6. The van der Waals surface area contributed by atoms with E-state index in [1.54, 1.807) is 12.1 Å². The van der Waals surface area contributed by atoms with E-state index in [1.807, 2.05) is 17.0 Å². The highest BCUT2D eigenvalue weighted by molar-refractivity contribution is 6.00. The minimum absolute atomic E-state index is 0.0287. The third-order valence-electron chi connectivity index (χ3n) is 8.76. The Labute approximate surface area is 232 Å². The summed E-state index contributed by atoms with van der Waals surface area (Å²) >= 11 is 0. The molecule has 0 radical (unpaired) electrons. The first kappa shape index (κ1) is 29.1. The van der Waals surface area contributed by atoms with Gasteiger partial charge in [0.15, 0.2) is 0 Å². The summed E-state index contributed by atoms with van der Waals surface area (Å²) in [6.45, 7) is 4.74. The molecule has 2 N–H and O–H groups in total. The van der Waals surface area contributed by atoms with Crippen molar-refractivity contribution in [1.82, 2.24) is 20.4 Å². The highest BCUT2D eigenvalue weighted by Gasteiger charge is 2.53. The molecule has 2 saturated heterocycles. The standard InChI is InChI=1S/C30H44N4O5/c1-3-4-16-34-28(37)25(19-22-8-6-5-7-9-22)32-29(38)30(34)14-17-33(18-15-30)21-23-10-12-24(13-11-23)27(36)31-20-26(35)39-2/h10-13,22,25H,3-9,14-21H2,1-2H3,(H,31,36)(H,32,38)/t25-/m0/s1. The van der Waals surface area contributed by atoms with E-state index in [1.165, 1.54) is 26.4 Å². The zero-order chi connectivity index (χ0) is 27.8. The Morgan fingerprint density at radius 2 is 1.77 bits per heavy atom. The van der Waals surface area contributed by atoms with Crippen LogP contribution in [0.1, 0.15) is 87.1 Å². The lowest BCUT2D eigenvalue weighted by Crippen LogP contribution is -2.73. The van der Waals surface area contributed by atoms with Crippen molar-refractivity contribution in [2.45, 2.75) is 89.3 Å². The van der Waals surface area contributed by atoms with Crippen LogP contribution in [0, 0.1) is 5.92 Å². The predicted octanol–water partition coefficient (Wildman–Crippen LogP) is 3.02. The summed E-state index contributed by atoms with van der Waals surface area (Å²) in [4.78, 5) is 55.1.